The summed E-state index contributed by atoms with van der Waals surface area (Å²) in [5.74, 6) is -0.119. The van der Waals surface area contributed by atoms with E-state index in [4.69, 9.17) is 17.3 Å². The number of halogens is 1. The molecular formula is C11H15ClN4O2. The molecule has 1 aromatic heterocycles. The Bertz CT molecular complexity index is 496. The van der Waals surface area contributed by atoms with Gasteiger partial charge in [0.1, 0.15) is 5.02 Å². The van der Waals surface area contributed by atoms with Gasteiger partial charge in [0.2, 0.25) is 5.91 Å². The molecule has 2 rings (SSSR count). The molecule has 1 heterocycles. The summed E-state index contributed by atoms with van der Waals surface area (Å²) in [5, 5.41) is 0.00523. The number of primary amides is 1. The van der Waals surface area contributed by atoms with Crippen LogP contribution in [-0.2, 0) is 4.79 Å². The smallest absolute Gasteiger partial charge is 0.271 e. The molecule has 98 valence electrons. The van der Waals surface area contributed by atoms with Crippen LogP contribution in [0.2, 0.25) is 5.02 Å². The number of amides is 1. The van der Waals surface area contributed by atoms with Crippen LogP contribution in [0.3, 0.4) is 0 Å². The zero-order chi connectivity index (χ0) is 13.1. The first kappa shape index (κ1) is 12.9. The number of nitrogens with one attached hydrogen (secondary N) is 1. The van der Waals surface area contributed by atoms with Crippen molar-refractivity contribution >= 4 is 23.3 Å². The molecule has 1 saturated carbocycles. The quantitative estimate of drug-likeness (QED) is 0.841. The molecule has 0 aliphatic heterocycles. The number of carbonyl (C=O) groups is 1. The van der Waals surface area contributed by atoms with E-state index < -0.39 is 11.5 Å². The van der Waals surface area contributed by atoms with Crippen LogP contribution in [-0.4, -0.2) is 28.5 Å². The summed E-state index contributed by atoms with van der Waals surface area (Å²) in [6.07, 6.45) is 5.39. The van der Waals surface area contributed by atoms with Gasteiger partial charge in [0.05, 0.1) is 12.9 Å². The van der Waals surface area contributed by atoms with E-state index in [2.05, 4.69) is 9.97 Å². The molecule has 1 aliphatic carbocycles. The predicted octanol–water partition coefficient (Wildman–Crippen LogP) is 0.658. The van der Waals surface area contributed by atoms with Crippen LogP contribution in [0.4, 0.5) is 5.82 Å². The van der Waals surface area contributed by atoms with Crippen LogP contribution in [0.5, 0.6) is 0 Å². The summed E-state index contributed by atoms with van der Waals surface area (Å²) < 4.78 is 0. The molecule has 1 aliphatic rings. The minimum absolute atomic E-state index is 0.00523. The van der Waals surface area contributed by atoms with Gasteiger partial charge in [-0.15, -0.1) is 0 Å². The highest BCUT2D eigenvalue weighted by atomic mass is 35.5. The van der Waals surface area contributed by atoms with Gasteiger partial charge in [-0.1, -0.05) is 24.4 Å². The highest BCUT2D eigenvalue weighted by Gasteiger charge is 2.27. The van der Waals surface area contributed by atoms with Crippen molar-refractivity contribution in [3.8, 4) is 0 Å². The molecule has 6 nitrogen and oxygen atoms in total. The third kappa shape index (κ3) is 2.64. The zero-order valence-corrected chi connectivity index (χ0v) is 10.6. The topological polar surface area (TPSA) is 92.1 Å². The normalized spacial score (nSPS) is 15.8. The minimum atomic E-state index is -0.458. The second-order valence-electron chi connectivity index (χ2n) is 4.40. The molecule has 1 amide bonds. The van der Waals surface area contributed by atoms with Crippen LogP contribution in [0.15, 0.2) is 11.1 Å². The Morgan fingerprint density at radius 1 is 1.56 bits per heavy atom. The molecule has 0 unspecified atom stereocenters. The van der Waals surface area contributed by atoms with Crippen molar-refractivity contribution in [3.63, 3.8) is 0 Å². The number of carbonyl (C=O) groups excluding carboxylic acids is 1. The highest BCUT2D eigenvalue weighted by molar-refractivity contribution is 6.32. The lowest BCUT2D eigenvalue weighted by Gasteiger charge is -2.29. The summed E-state index contributed by atoms with van der Waals surface area (Å²) >= 11 is 5.95. The Hall–Kier alpha value is -1.56. The van der Waals surface area contributed by atoms with Crippen molar-refractivity contribution in [1.82, 2.24) is 9.97 Å². The van der Waals surface area contributed by atoms with Gasteiger partial charge in [0.25, 0.3) is 5.56 Å². The average molecular weight is 271 g/mol. The van der Waals surface area contributed by atoms with Gasteiger partial charge in [0, 0.05) is 6.04 Å². The van der Waals surface area contributed by atoms with Gasteiger partial charge in [-0.2, -0.15) is 0 Å². The lowest BCUT2D eigenvalue weighted by molar-refractivity contribution is -0.116. The maximum Gasteiger partial charge on any atom is 0.271 e. The Kier molecular flexibility index (Phi) is 3.86. The summed E-state index contributed by atoms with van der Waals surface area (Å²) in [6, 6.07) is 0.171. The fraction of sp³-hybridized carbons (Fsp3) is 0.545. The van der Waals surface area contributed by atoms with Crippen molar-refractivity contribution in [2.45, 2.75) is 31.7 Å². The SMILES string of the molecule is NC(=O)CN(c1nc[nH]c(=O)c1Cl)C1CCCC1. The van der Waals surface area contributed by atoms with E-state index in [9.17, 15) is 9.59 Å². The molecule has 1 fully saturated rings. The molecule has 0 radical (unpaired) electrons. The molecule has 0 spiro atoms. The van der Waals surface area contributed by atoms with Crippen LogP contribution >= 0.6 is 11.6 Å². The van der Waals surface area contributed by atoms with Crippen molar-refractivity contribution < 1.29 is 4.79 Å². The molecule has 1 aromatic rings. The Balaban J connectivity index is 2.35. The number of nitrogens with zero attached hydrogens (tertiary/aromatic N) is 2. The summed E-state index contributed by atoms with van der Waals surface area (Å²) in [6.45, 7) is 0.0286. The average Bonchev–Trinajstić information content (AvgIpc) is 2.83. The van der Waals surface area contributed by atoms with E-state index in [1.165, 1.54) is 6.33 Å². The molecule has 0 atom stereocenters. The first-order valence-corrected chi connectivity index (χ1v) is 6.25. The standard InChI is InChI=1S/C11H15ClN4O2/c12-9-10(14-6-15-11(9)18)16(5-8(13)17)7-3-1-2-4-7/h6-7H,1-5H2,(H2,13,17)(H,14,15,18). The molecule has 18 heavy (non-hydrogen) atoms. The summed E-state index contributed by atoms with van der Waals surface area (Å²) in [4.78, 5) is 30.8. The summed E-state index contributed by atoms with van der Waals surface area (Å²) in [7, 11) is 0. The lowest BCUT2D eigenvalue weighted by Crippen LogP contribution is -2.41. The van der Waals surface area contributed by atoms with E-state index >= 15 is 0 Å². The van der Waals surface area contributed by atoms with Crippen molar-refractivity contribution in [3.05, 3.63) is 21.7 Å². The third-order valence-electron chi connectivity index (χ3n) is 3.14. The Labute approximate surface area is 109 Å². The molecular weight excluding hydrogens is 256 g/mol. The number of aromatic nitrogens is 2. The molecule has 3 N–H and O–H groups in total. The highest BCUT2D eigenvalue weighted by Crippen LogP contribution is 2.29. The number of rotatable bonds is 4. The minimum Gasteiger partial charge on any atom is -0.368 e. The lowest BCUT2D eigenvalue weighted by atomic mass is 10.2. The number of nitrogens with two attached hydrogens (primary N) is 1. The molecule has 0 bridgehead atoms. The second kappa shape index (κ2) is 5.39. The maximum atomic E-state index is 11.5. The van der Waals surface area contributed by atoms with E-state index in [-0.39, 0.29) is 17.6 Å². The monoisotopic (exact) mass is 270 g/mol. The van der Waals surface area contributed by atoms with Crippen molar-refractivity contribution in [2.75, 3.05) is 11.4 Å². The number of hydrogen-bond acceptors (Lipinski definition) is 4. The van der Waals surface area contributed by atoms with E-state index in [1.54, 1.807) is 4.90 Å². The van der Waals surface area contributed by atoms with E-state index in [0.717, 1.165) is 25.7 Å². The van der Waals surface area contributed by atoms with Crippen LogP contribution < -0.4 is 16.2 Å². The van der Waals surface area contributed by atoms with Crippen LogP contribution in [0.25, 0.3) is 0 Å². The van der Waals surface area contributed by atoms with Gasteiger partial charge in [-0.05, 0) is 12.8 Å². The van der Waals surface area contributed by atoms with Crippen molar-refractivity contribution in [2.24, 2.45) is 5.73 Å². The predicted molar refractivity (Wildman–Crippen MR) is 68.7 cm³/mol. The van der Waals surface area contributed by atoms with Gasteiger partial charge in [0.15, 0.2) is 5.82 Å². The molecule has 7 heteroatoms. The van der Waals surface area contributed by atoms with E-state index in [1.807, 2.05) is 0 Å². The first-order chi connectivity index (χ1) is 8.59. The number of aromatic amines is 1. The molecule has 0 aromatic carbocycles. The number of hydrogen-bond donors (Lipinski definition) is 2. The first-order valence-electron chi connectivity index (χ1n) is 5.87. The second-order valence-corrected chi connectivity index (χ2v) is 4.78. The number of H-pyrrole nitrogens is 1. The van der Waals surface area contributed by atoms with Crippen molar-refractivity contribution in [1.29, 1.82) is 0 Å². The summed E-state index contributed by atoms with van der Waals surface area (Å²) in [5.41, 5.74) is 4.84. The zero-order valence-electron chi connectivity index (χ0n) is 9.86. The van der Waals surface area contributed by atoms with Crippen LogP contribution in [0, 0.1) is 0 Å². The van der Waals surface area contributed by atoms with Gasteiger partial charge in [-0.25, -0.2) is 4.98 Å². The Morgan fingerprint density at radius 3 is 2.83 bits per heavy atom. The van der Waals surface area contributed by atoms with Gasteiger partial charge >= 0.3 is 0 Å². The fourth-order valence-corrected chi connectivity index (χ4v) is 2.55. The van der Waals surface area contributed by atoms with E-state index in [0.29, 0.717) is 5.82 Å². The number of anilines is 1. The van der Waals surface area contributed by atoms with Gasteiger partial charge < -0.3 is 15.6 Å². The van der Waals surface area contributed by atoms with Gasteiger partial charge in [-0.3, -0.25) is 9.59 Å². The Morgan fingerprint density at radius 2 is 2.22 bits per heavy atom. The third-order valence-corrected chi connectivity index (χ3v) is 3.48. The van der Waals surface area contributed by atoms with Crippen LogP contribution in [0.1, 0.15) is 25.7 Å². The molecule has 0 saturated heterocycles. The maximum absolute atomic E-state index is 11.5. The fourth-order valence-electron chi connectivity index (χ4n) is 2.33. The largest absolute Gasteiger partial charge is 0.368 e.